The number of esters is 1. The van der Waals surface area contributed by atoms with Gasteiger partial charge in [-0.2, -0.15) is 0 Å². The molecule has 7 nitrogen and oxygen atoms in total. The summed E-state index contributed by atoms with van der Waals surface area (Å²) in [6, 6.07) is 0. The Labute approximate surface area is 187 Å². The summed E-state index contributed by atoms with van der Waals surface area (Å²) in [7, 11) is 1.43. The second-order valence-electron chi connectivity index (χ2n) is 8.40. The molecule has 7 heteroatoms. The first kappa shape index (κ1) is 26.3. The largest absolute Gasteiger partial charge is 0.469 e. The molecular formula is C24H42O7. The highest BCUT2D eigenvalue weighted by Gasteiger charge is 2.45. The average Bonchev–Trinajstić information content (AvgIpc) is 3.17. The van der Waals surface area contributed by atoms with Crippen molar-refractivity contribution in [2.45, 2.75) is 95.7 Å². The lowest BCUT2D eigenvalue weighted by Crippen LogP contribution is -2.43. The molecule has 2 aliphatic heterocycles. The fourth-order valence-electron chi connectivity index (χ4n) is 4.20. The van der Waals surface area contributed by atoms with Crippen LogP contribution in [0.1, 0.15) is 77.6 Å². The van der Waals surface area contributed by atoms with Crippen molar-refractivity contribution in [3.05, 3.63) is 12.2 Å². The number of methoxy groups -OCH3 is 1. The third-order valence-electron chi connectivity index (χ3n) is 6.02. The lowest BCUT2D eigenvalue weighted by molar-refractivity contribution is -0.313. The van der Waals surface area contributed by atoms with Gasteiger partial charge in [0.1, 0.15) is 0 Å². The van der Waals surface area contributed by atoms with Crippen LogP contribution in [0.2, 0.25) is 0 Å². The van der Waals surface area contributed by atoms with Gasteiger partial charge < -0.3 is 28.8 Å². The Bertz CT molecular complexity index is 518. The first-order valence-electron chi connectivity index (χ1n) is 12.0. The predicted molar refractivity (Wildman–Crippen MR) is 117 cm³/mol. The summed E-state index contributed by atoms with van der Waals surface area (Å²) in [4.78, 5) is 11.3. The van der Waals surface area contributed by atoms with Crippen molar-refractivity contribution >= 4 is 5.97 Å². The maximum Gasteiger partial charge on any atom is 0.305 e. The maximum atomic E-state index is 11.3. The monoisotopic (exact) mass is 442 g/mol. The minimum atomic E-state index is -0.708. The Kier molecular flexibility index (Phi) is 12.7. The second kappa shape index (κ2) is 15.0. The van der Waals surface area contributed by atoms with Crippen molar-refractivity contribution in [2.24, 2.45) is 5.92 Å². The Hall–Kier alpha value is -0.990. The quantitative estimate of drug-likeness (QED) is 0.232. The van der Waals surface area contributed by atoms with Crippen molar-refractivity contribution in [1.29, 1.82) is 0 Å². The molecule has 31 heavy (non-hydrogen) atoms. The molecule has 2 fully saturated rings. The Morgan fingerprint density at radius 1 is 1.19 bits per heavy atom. The van der Waals surface area contributed by atoms with Crippen molar-refractivity contribution in [3.8, 4) is 0 Å². The number of carbonyl (C=O) groups is 1. The number of ether oxygens (including phenoxy) is 5. The molecule has 2 rings (SSSR count). The van der Waals surface area contributed by atoms with Gasteiger partial charge in [-0.05, 0) is 45.4 Å². The summed E-state index contributed by atoms with van der Waals surface area (Å²) in [6.07, 6.45) is 12.7. The van der Waals surface area contributed by atoms with Crippen LogP contribution in [0.5, 0.6) is 0 Å². The lowest BCUT2D eigenvalue weighted by atomic mass is 9.91. The molecule has 2 unspecified atom stereocenters. The molecule has 0 amide bonds. The van der Waals surface area contributed by atoms with E-state index in [1.807, 2.05) is 13.0 Å². The van der Waals surface area contributed by atoms with Crippen LogP contribution in [0, 0.1) is 5.92 Å². The molecule has 0 aliphatic carbocycles. The summed E-state index contributed by atoms with van der Waals surface area (Å²) in [5, 5.41) is 10.3. The fourth-order valence-corrected chi connectivity index (χ4v) is 4.20. The van der Waals surface area contributed by atoms with Crippen molar-refractivity contribution in [2.75, 3.05) is 33.5 Å². The molecule has 2 saturated heterocycles. The molecule has 0 aromatic rings. The summed E-state index contributed by atoms with van der Waals surface area (Å²) in [5.74, 6) is -0.781. The molecule has 0 aromatic carbocycles. The normalized spacial score (nSPS) is 27.6. The van der Waals surface area contributed by atoms with Gasteiger partial charge in [-0.3, -0.25) is 4.79 Å². The third kappa shape index (κ3) is 9.58. The van der Waals surface area contributed by atoms with E-state index in [2.05, 4.69) is 6.08 Å². The van der Waals surface area contributed by atoms with Crippen LogP contribution in [0.25, 0.3) is 0 Å². The predicted octanol–water partition coefficient (Wildman–Crippen LogP) is 4.12. The summed E-state index contributed by atoms with van der Waals surface area (Å²) < 4.78 is 28.6. The van der Waals surface area contributed by atoms with Crippen LogP contribution in [0.4, 0.5) is 0 Å². The van der Waals surface area contributed by atoms with Crippen LogP contribution in [0.15, 0.2) is 12.2 Å². The first-order valence-corrected chi connectivity index (χ1v) is 12.0. The topological polar surface area (TPSA) is 83.5 Å². The van der Waals surface area contributed by atoms with Gasteiger partial charge in [0.05, 0.1) is 19.8 Å². The van der Waals surface area contributed by atoms with E-state index in [-0.39, 0.29) is 18.2 Å². The number of carbonyl (C=O) groups excluding carboxylic acids is 1. The molecule has 180 valence electrons. The first-order chi connectivity index (χ1) is 15.1. The average molecular weight is 443 g/mol. The van der Waals surface area contributed by atoms with Crippen molar-refractivity contribution in [1.82, 2.24) is 0 Å². The highest BCUT2D eigenvalue weighted by molar-refractivity contribution is 5.68. The molecule has 1 N–H and O–H groups in total. The van der Waals surface area contributed by atoms with Gasteiger partial charge in [0, 0.05) is 45.0 Å². The van der Waals surface area contributed by atoms with Gasteiger partial charge in [0.15, 0.2) is 12.1 Å². The van der Waals surface area contributed by atoms with Crippen LogP contribution in [-0.2, 0) is 28.5 Å². The number of unbranched alkanes of at least 4 members (excludes halogenated alkanes) is 3. The maximum absolute atomic E-state index is 11.3. The SMILES string of the molecule is CCOCCC(O)C=C[C@H]1CCO[C@@]1(CCCCCCC(=O)OC)OC1CCCCO1. The molecule has 0 bridgehead atoms. The van der Waals surface area contributed by atoms with Crippen molar-refractivity contribution < 1.29 is 33.6 Å². The van der Waals surface area contributed by atoms with E-state index in [4.69, 9.17) is 23.7 Å². The lowest BCUT2D eigenvalue weighted by Gasteiger charge is -2.38. The minimum Gasteiger partial charge on any atom is -0.469 e. The smallest absolute Gasteiger partial charge is 0.305 e. The van der Waals surface area contributed by atoms with E-state index in [1.54, 1.807) is 0 Å². The van der Waals surface area contributed by atoms with Gasteiger partial charge in [0.2, 0.25) is 0 Å². The summed E-state index contributed by atoms with van der Waals surface area (Å²) in [5.41, 5.74) is 0. The van der Waals surface area contributed by atoms with E-state index in [0.29, 0.717) is 32.7 Å². The second-order valence-corrected chi connectivity index (χ2v) is 8.40. The zero-order valence-electron chi connectivity index (χ0n) is 19.4. The number of aliphatic hydroxyl groups is 1. The summed E-state index contributed by atoms with van der Waals surface area (Å²) >= 11 is 0. The van der Waals surface area contributed by atoms with E-state index in [1.165, 1.54) is 7.11 Å². The van der Waals surface area contributed by atoms with Gasteiger partial charge in [-0.25, -0.2) is 0 Å². The highest BCUT2D eigenvalue weighted by atomic mass is 16.8. The molecule has 0 spiro atoms. The van der Waals surface area contributed by atoms with Crippen molar-refractivity contribution in [3.63, 3.8) is 0 Å². The van der Waals surface area contributed by atoms with Crippen LogP contribution in [-0.4, -0.2) is 62.8 Å². The van der Waals surface area contributed by atoms with Crippen LogP contribution in [0.3, 0.4) is 0 Å². The summed E-state index contributed by atoms with van der Waals surface area (Å²) in [6.45, 7) is 4.52. The van der Waals surface area contributed by atoms with Gasteiger partial charge in [0.25, 0.3) is 0 Å². The minimum absolute atomic E-state index is 0.0786. The van der Waals surface area contributed by atoms with E-state index < -0.39 is 11.9 Å². The van der Waals surface area contributed by atoms with E-state index in [9.17, 15) is 9.90 Å². The molecular weight excluding hydrogens is 400 g/mol. The van der Waals surface area contributed by atoms with Crippen LogP contribution < -0.4 is 0 Å². The zero-order chi connectivity index (χ0) is 22.4. The zero-order valence-corrected chi connectivity index (χ0v) is 19.4. The number of hydrogen-bond donors (Lipinski definition) is 1. The van der Waals surface area contributed by atoms with E-state index >= 15 is 0 Å². The third-order valence-corrected chi connectivity index (χ3v) is 6.02. The highest BCUT2D eigenvalue weighted by Crippen LogP contribution is 2.41. The number of aliphatic hydroxyl groups excluding tert-OH is 1. The van der Waals surface area contributed by atoms with Gasteiger partial charge >= 0.3 is 5.97 Å². The number of rotatable bonds is 15. The molecule has 2 aliphatic rings. The van der Waals surface area contributed by atoms with Crippen LogP contribution >= 0.6 is 0 Å². The molecule has 0 aromatic heterocycles. The van der Waals surface area contributed by atoms with Gasteiger partial charge in [-0.1, -0.05) is 25.0 Å². The molecule has 0 saturated carbocycles. The standard InChI is InChI=1S/C24H42O7/c1-3-28-18-15-21(25)13-12-20-14-19-30-24(20,31-23-11-7-9-17-29-23)16-8-5-4-6-10-22(26)27-2/h12-13,20-21,23,25H,3-11,14-19H2,1-2H3/t20-,21?,23?,24-/m0/s1. The fraction of sp³-hybridized carbons (Fsp3) is 0.875. The molecule has 0 radical (unpaired) electrons. The Morgan fingerprint density at radius 2 is 2.03 bits per heavy atom. The Morgan fingerprint density at radius 3 is 2.77 bits per heavy atom. The Balaban J connectivity index is 1.91. The molecule has 4 atom stereocenters. The number of hydrogen-bond acceptors (Lipinski definition) is 7. The van der Waals surface area contributed by atoms with E-state index in [0.717, 1.165) is 64.4 Å². The van der Waals surface area contributed by atoms with Gasteiger partial charge in [-0.15, -0.1) is 0 Å². The molecule has 2 heterocycles.